The summed E-state index contributed by atoms with van der Waals surface area (Å²) in [4.78, 5) is 12.6. The molecule has 1 fully saturated rings. The molecule has 2 aromatic carbocycles. The lowest BCUT2D eigenvalue weighted by Gasteiger charge is -2.25. The number of benzene rings is 2. The first kappa shape index (κ1) is 23.0. The monoisotopic (exact) mass is 490 g/mol. The Bertz CT molecular complexity index is 1100. The molecule has 0 aliphatic heterocycles. The fourth-order valence-electron chi connectivity index (χ4n) is 3.96. The number of hydrogen-bond donors (Lipinski definition) is 1. The highest BCUT2D eigenvalue weighted by Crippen LogP contribution is 2.38. The lowest BCUT2D eigenvalue weighted by atomic mass is 9.95. The zero-order valence-corrected chi connectivity index (χ0v) is 20.0. The van der Waals surface area contributed by atoms with Crippen molar-refractivity contribution in [3.8, 4) is 17.1 Å². The number of methoxy groups -OCH3 is 1. The van der Waals surface area contributed by atoms with E-state index in [1.165, 1.54) is 18.2 Å². The van der Waals surface area contributed by atoms with Gasteiger partial charge in [-0.15, -0.1) is 10.2 Å². The van der Waals surface area contributed by atoms with Gasteiger partial charge in [0.2, 0.25) is 5.91 Å². The first-order valence-corrected chi connectivity index (χ1v) is 12.3. The topological polar surface area (TPSA) is 69.0 Å². The van der Waals surface area contributed by atoms with Gasteiger partial charge in [-0.05, 0) is 43.2 Å². The molecule has 1 saturated carbocycles. The Morgan fingerprint density at radius 3 is 2.69 bits per heavy atom. The second-order valence-corrected chi connectivity index (χ2v) is 9.42. The molecule has 1 amide bonds. The number of amides is 1. The summed E-state index contributed by atoms with van der Waals surface area (Å²) in [7, 11) is 1.58. The number of rotatable bonds is 7. The maximum Gasteiger partial charge on any atom is 0.234 e. The van der Waals surface area contributed by atoms with E-state index in [0.29, 0.717) is 32.5 Å². The molecule has 1 N–H and O–H groups in total. The minimum absolute atomic E-state index is 0.135. The second kappa shape index (κ2) is 10.6. The lowest BCUT2D eigenvalue weighted by Crippen LogP contribution is -2.17. The Balaban J connectivity index is 1.56. The molecule has 0 bridgehead atoms. The van der Waals surface area contributed by atoms with Gasteiger partial charge in [0.15, 0.2) is 11.0 Å². The predicted octanol–water partition coefficient (Wildman–Crippen LogP) is 6.50. The van der Waals surface area contributed by atoms with Crippen molar-refractivity contribution in [1.29, 1.82) is 0 Å². The standard InChI is InChI=1S/C23H24Cl2N4O2S/c1-31-20-10-6-5-9-19(20)26-21(30)14-32-23-28-27-22(17-12-11-15(24)13-18(17)25)29(23)16-7-3-2-4-8-16/h5-6,9-13,16H,2-4,7-8,14H2,1H3,(H,26,30). The predicted molar refractivity (Wildman–Crippen MR) is 130 cm³/mol. The van der Waals surface area contributed by atoms with Crippen molar-refractivity contribution in [2.45, 2.75) is 43.3 Å². The Hall–Kier alpha value is -2.22. The Kier molecular flexibility index (Phi) is 7.60. The molecule has 0 atom stereocenters. The third-order valence-corrected chi connectivity index (χ3v) is 6.98. The molecule has 1 aliphatic rings. The summed E-state index contributed by atoms with van der Waals surface area (Å²) in [5.41, 5.74) is 1.43. The SMILES string of the molecule is COc1ccccc1NC(=O)CSc1nnc(-c2ccc(Cl)cc2Cl)n1C1CCCCC1. The number of para-hydroxylation sites is 2. The minimum Gasteiger partial charge on any atom is -0.495 e. The van der Waals surface area contributed by atoms with E-state index >= 15 is 0 Å². The third kappa shape index (κ3) is 5.22. The van der Waals surface area contributed by atoms with E-state index in [9.17, 15) is 4.79 Å². The lowest BCUT2D eigenvalue weighted by molar-refractivity contribution is -0.113. The number of thioether (sulfide) groups is 1. The van der Waals surface area contributed by atoms with Crippen LogP contribution in [0.25, 0.3) is 11.4 Å². The van der Waals surface area contributed by atoms with E-state index in [4.69, 9.17) is 27.9 Å². The van der Waals surface area contributed by atoms with Gasteiger partial charge in [0.05, 0.1) is 23.6 Å². The van der Waals surface area contributed by atoms with Gasteiger partial charge in [-0.25, -0.2) is 0 Å². The number of halogens is 2. The van der Waals surface area contributed by atoms with Gasteiger partial charge in [-0.3, -0.25) is 9.36 Å². The maximum absolute atomic E-state index is 12.6. The average molecular weight is 491 g/mol. The van der Waals surface area contributed by atoms with Crippen molar-refractivity contribution < 1.29 is 9.53 Å². The van der Waals surface area contributed by atoms with Crippen LogP contribution in [0.2, 0.25) is 10.0 Å². The first-order chi connectivity index (χ1) is 15.6. The number of carbonyl (C=O) groups is 1. The molecule has 1 heterocycles. The van der Waals surface area contributed by atoms with Crippen molar-refractivity contribution in [2.24, 2.45) is 0 Å². The maximum atomic E-state index is 12.6. The van der Waals surface area contributed by atoms with Crippen LogP contribution in [0.3, 0.4) is 0 Å². The van der Waals surface area contributed by atoms with E-state index < -0.39 is 0 Å². The zero-order valence-electron chi connectivity index (χ0n) is 17.7. The largest absolute Gasteiger partial charge is 0.495 e. The molecule has 0 unspecified atom stereocenters. The average Bonchev–Trinajstić information content (AvgIpc) is 3.22. The molecular formula is C23H24Cl2N4O2S. The molecule has 4 rings (SSSR count). The van der Waals surface area contributed by atoms with Crippen LogP contribution in [0.15, 0.2) is 47.6 Å². The van der Waals surface area contributed by atoms with Crippen molar-refractivity contribution in [3.05, 3.63) is 52.5 Å². The van der Waals surface area contributed by atoms with Gasteiger partial charge in [0, 0.05) is 16.6 Å². The molecule has 1 aliphatic carbocycles. The fourth-order valence-corrected chi connectivity index (χ4v) is 5.26. The summed E-state index contributed by atoms with van der Waals surface area (Å²) < 4.78 is 7.46. The Morgan fingerprint density at radius 2 is 1.94 bits per heavy atom. The van der Waals surface area contributed by atoms with Crippen LogP contribution in [0, 0.1) is 0 Å². The number of nitrogens with one attached hydrogen (secondary N) is 1. The zero-order chi connectivity index (χ0) is 22.5. The van der Waals surface area contributed by atoms with Crippen LogP contribution >= 0.6 is 35.0 Å². The van der Waals surface area contributed by atoms with Crippen molar-refractivity contribution in [3.63, 3.8) is 0 Å². The molecule has 0 radical (unpaired) electrons. The Labute approximate surface area is 201 Å². The second-order valence-electron chi connectivity index (χ2n) is 7.63. The first-order valence-electron chi connectivity index (χ1n) is 10.5. The smallest absolute Gasteiger partial charge is 0.234 e. The van der Waals surface area contributed by atoms with E-state index in [2.05, 4.69) is 20.1 Å². The molecular weight excluding hydrogens is 467 g/mol. The van der Waals surface area contributed by atoms with Gasteiger partial charge in [0.1, 0.15) is 5.75 Å². The number of carbonyl (C=O) groups excluding carboxylic acids is 1. The number of hydrogen-bond acceptors (Lipinski definition) is 5. The fraction of sp³-hybridized carbons (Fsp3) is 0.348. The molecule has 168 valence electrons. The van der Waals surface area contributed by atoms with Crippen LogP contribution in [0.4, 0.5) is 5.69 Å². The summed E-state index contributed by atoms with van der Waals surface area (Å²) in [5.74, 6) is 1.41. The van der Waals surface area contributed by atoms with Crippen LogP contribution in [-0.2, 0) is 4.79 Å². The van der Waals surface area contributed by atoms with Crippen LogP contribution in [0.5, 0.6) is 5.75 Å². The number of aromatic nitrogens is 3. The molecule has 6 nitrogen and oxygen atoms in total. The van der Waals surface area contributed by atoms with E-state index in [0.717, 1.165) is 31.2 Å². The number of nitrogens with zero attached hydrogens (tertiary/aromatic N) is 3. The van der Waals surface area contributed by atoms with Gasteiger partial charge in [-0.2, -0.15) is 0 Å². The van der Waals surface area contributed by atoms with Gasteiger partial charge >= 0.3 is 0 Å². The highest BCUT2D eigenvalue weighted by Gasteiger charge is 2.25. The van der Waals surface area contributed by atoms with Crippen molar-refractivity contribution >= 4 is 46.6 Å². The molecule has 0 spiro atoms. The summed E-state index contributed by atoms with van der Waals surface area (Å²) in [6.07, 6.45) is 5.66. The van der Waals surface area contributed by atoms with Crippen molar-refractivity contribution in [1.82, 2.24) is 14.8 Å². The highest BCUT2D eigenvalue weighted by molar-refractivity contribution is 7.99. The summed E-state index contributed by atoms with van der Waals surface area (Å²) in [6.45, 7) is 0. The van der Waals surface area contributed by atoms with Crippen molar-refractivity contribution in [2.75, 3.05) is 18.2 Å². The molecule has 32 heavy (non-hydrogen) atoms. The van der Waals surface area contributed by atoms with Gasteiger partial charge in [-0.1, -0.05) is 66.4 Å². The molecule has 1 aromatic heterocycles. The third-order valence-electron chi connectivity index (χ3n) is 5.49. The van der Waals surface area contributed by atoms with Gasteiger partial charge < -0.3 is 10.1 Å². The summed E-state index contributed by atoms with van der Waals surface area (Å²) >= 11 is 13.9. The number of ether oxygens (including phenoxy) is 1. The van der Waals surface area contributed by atoms with Gasteiger partial charge in [0.25, 0.3) is 0 Å². The van der Waals surface area contributed by atoms with E-state index in [-0.39, 0.29) is 17.7 Å². The van der Waals surface area contributed by atoms with E-state index in [1.54, 1.807) is 19.2 Å². The summed E-state index contributed by atoms with van der Waals surface area (Å²) in [5, 5.41) is 13.6. The highest BCUT2D eigenvalue weighted by atomic mass is 35.5. The normalized spacial score (nSPS) is 14.3. The quantitative estimate of drug-likeness (QED) is 0.382. The Morgan fingerprint density at radius 1 is 1.16 bits per heavy atom. The van der Waals surface area contributed by atoms with Crippen LogP contribution in [-0.4, -0.2) is 33.5 Å². The summed E-state index contributed by atoms with van der Waals surface area (Å²) in [6, 6.07) is 13.0. The molecule has 3 aromatic rings. The van der Waals surface area contributed by atoms with Crippen LogP contribution < -0.4 is 10.1 Å². The molecule has 9 heteroatoms. The minimum atomic E-state index is -0.135. The van der Waals surface area contributed by atoms with E-state index in [1.807, 2.05) is 30.3 Å². The molecule has 0 saturated heterocycles. The number of anilines is 1. The van der Waals surface area contributed by atoms with Crippen LogP contribution in [0.1, 0.15) is 38.1 Å².